The molecule has 22 heavy (non-hydrogen) atoms. The van der Waals surface area contributed by atoms with E-state index in [1.807, 2.05) is 4.98 Å². The van der Waals surface area contributed by atoms with E-state index in [4.69, 9.17) is 4.74 Å². The number of H-pyrrole nitrogens is 2. The number of carbonyl (C=O) groups excluding carboxylic acids is 1. The average Bonchev–Trinajstić information content (AvgIpc) is 2.55. The molecule has 114 valence electrons. The van der Waals surface area contributed by atoms with Crippen LogP contribution in [0.5, 0.6) is 0 Å². The maximum absolute atomic E-state index is 12.4. The zero-order chi connectivity index (χ0) is 15.5. The van der Waals surface area contributed by atoms with Gasteiger partial charge >= 0.3 is 5.69 Å². The van der Waals surface area contributed by atoms with Gasteiger partial charge in [-0.2, -0.15) is 0 Å². The lowest BCUT2D eigenvalue weighted by Crippen LogP contribution is -2.44. The third-order valence-electron chi connectivity index (χ3n) is 3.32. The van der Waals surface area contributed by atoms with Crippen LogP contribution in [0, 0.1) is 0 Å². The third kappa shape index (κ3) is 2.79. The summed E-state index contributed by atoms with van der Waals surface area (Å²) in [5.41, 5.74) is -0.855. The van der Waals surface area contributed by atoms with Crippen molar-refractivity contribution in [2.24, 2.45) is 0 Å². The van der Waals surface area contributed by atoms with Gasteiger partial charge < -0.3 is 14.6 Å². The number of aromatic nitrogens is 4. The second kappa shape index (κ2) is 5.90. The largest absolute Gasteiger partial charge is 0.368 e. The van der Waals surface area contributed by atoms with Crippen molar-refractivity contribution < 1.29 is 9.53 Å². The van der Waals surface area contributed by atoms with E-state index >= 15 is 0 Å². The molecule has 3 rings (SSSR count). The van der Waals surface area contributed by atoms with Crippen LogP contribution in [0.25, 0.3) is 0 Å². The Bertz CT molecular complexity index is 785. The minimum absolute atomic E-state index is 0.112. The summed E-state index contributed by atoms with van der Waals surface area (Å²) in [6.07, 6.45) is 5.40. The van der Waals surface area contributed by atoms with E-state index in [0.717, 1.165) is 6.20 Å². The molecule has 9 nitrogen and oxygen atoms in total. The number of nitrogens with one attached hydrogen (secondary N) is 2. The van der Waals surface area contributed by atoms with Crippen molar-refractivity contribution in [1.82, 2.24) is 24.8 Å². The van der Waals surface area contributed by atoms with Gasteiger partial charge in [0.1, 0.15) is 11.7 Å². The molecule has 0 spiro atoms. The minimum atomic E-state index is -0.712. The zero-order valence-electron chi connectivity index (χ0n) is 11.5. The van der Waals surface area contributed by atoms with Crippen molar-refractivity contribution >= 4 is 5.91 Å². The highest BCUT2D eigenvalue weighted by Crippen LogP contribution is 2.20. The number of carbonyl (C=O) groups is 1. The van der Waals surface area contributed by atoms with Crippen LogP contribution in [0.3, 0.4) is 0 Å². The van der Waals surface area contributed by atoms with Gasteiger partial charge in [-0.1, -0.05) is 0 Å². The van der Waals surface area contributed by atoms with Gasteiger partial charge in [-0.15, -0.1) is 0 Å². The number of aromatic amines is 2. The summed E-state index contributed by atoms with van der Waals surface area (Å²) in [5.74, 6) is -0.463. The first kappa shape index (κ1) is 14.1. The highest BCUT2D eigenvalue weighted by Gasteiger charge is 2.28. The fourth-order valence-corrected chi connectivity index (χ4v) is 2.23. The molecule has 1 aliphatic heterocycles. The Balaban J connectivity index is 1.81. The maximum Gasteiger partial charge on any atom is 0.325 e. The van der Waals surface area contributed by atoms with E-state index in [9.17, 15) is 14.4 Å². The van der Waals surface area contributed by atoms with Crippen LogP contribution in [0.1, 0.15) is 22.2 Å². The lowest BCUT2D eigenvalue weighted by Gasteiger charge is -2.32. The highest BCUT2D eigenvalue weighted by atomic mass is 16.5. The Labute approximate surface area is 124 Å². The van der Waals surface area contributed by atoms with Crippen LogP contribution in [0.15, 0.2) is 34.4 Å². The van der Waals surface area contributed by atoms with Crippen LogP contribution in [0.4, 0.5) is 0 Å². The molecule has 1 fully saturated rings. The minimum Gasteiger partial charge on any atom is -0.368 e. The highest BCUT2D eigenvalue weighted by molar-refractivity contribution is 5.93. The number of hydrogen-bond acceptors (Lipinski definition) is 6. The molecule has 0 aliphatic carbocycles. The van der Waals surface area contributed by atoms with Crippen molar-refractivity contribution in [1.29, 1.82) is 0 Å². The molecule has 1 amide bonds. The predicted molar refractivity (Wildman–Crippen MR) is 74.3 cm³/mol. The van der Waals surface area contributed by atoms with Crippen molar-refractivity contribution in [2.75, 3.05) is 19.7 Å². The quantitative estimate of drug-likeness (QED) is 0.739. The first-order valence-electron chi connectivity index (χ1n) is 6.64. The number of nitrogens with zero attached hydrogens (tertiary/aromatic N) is 3. The summed E-state index contributed by atoms with van der Waals surface area (Å²) in [6.45, 7) is 0.943. The summed E-state index contributed by atoms with van der Waals surface area (Å²) in [4.78, 5) is 49.1. The molecule has 0 saturated carbocycles. The molecule has 1 aliphatic rings. The van der Waals surface area contributed by atoms with Gasteiger partial charge in [-0.3, -0.25) is 24.5 Å². The van der Waals surface area contributed by atoms with Crippen LogP contribution in [-0.4, -0.2) is 50.4 Å². The molecule has 0 radical (unpaired) electrons. The molecule has 0 bridgehead atoms. The number of rotatable bonds is 2. The van der Waals surface area contributed by atoms with E-state index in [2.05, 4.69) is 15.0 Å². The Kier molecular flexibility index (Phi) is 3.79. The van der Waals surface area contributed by atoms with Gasteiger partial charge in [0, 0.05) is 25.1 Å². The molecule has 3 heterocycles. The lowest BCUT2D eigenvalue weighted by molar-refractivity contribution is -0.0249. The predicted octanol–water partition coefficient (Wildman–Crippen LogP) is -0.933. The van der Waals surface area contributed by atoms with Crippen LogP contribution in [-0.2, 0) is 4.74 Å². The Morgan fingerprint density at radius 1 is 1.36 bits per heavy atom. The fraction of sp³-hybridized carbons (Fsp3) is 0.308. The lowest BCUT2D eigenvalue weighted by atomic mass is 10.2. The van der Waals surface area contributed by atoms with Gasteiger partial charge in [0.05, 0.1) is 25.0 Å². The van der Waals surface area contributed by atoms with E-state index in [0.29, 0.717) is 18.8 Å². The number of ether oxygens (including phenoxy) is 1. The van der Waals surface area contributed by atoms with Gasteiger partial charge in [0.2, 0.25) is 0 Å². The van der Waals surface area contributed by atoms with Gasteiger partial charge in [-0.05, 0) is 0 Å². The summed E-state index contributed by atoms with van der Waals surface area (Å²) >= 11 is 0. The molecule has 2 aromatic heterocycles. The summed E-state index contributed by atoms with van der Waals surface area (Å²) in [5, 5.41) is 0. The van der Waals surface area contributed by atoms with E-state index in [-0.39, 0.29) is 12.1 Å². The summed E-state index contributed by atoms with van der Waals surface area (Å²) in [6, 6.07) is 0. The smallest absolute Gasteiger partial charge is 0.325 e. The summed E-state index contributed by atoms with van der Waals surface area (Å²) < 4.78 is 5.59. The van der Waals surface area contributed by atoms with E-state index in [1.54, 1.807) is 18.6 Å². The molecule has 2 aromatic rings. The van der Waals surface area contributed by atoms with Crippen LogP contribution in [0.2, 0.25) is 0 Å². The van der Waals surface area contributed by atoms with Gasteiger partial charge in [0.15, 0.2) is 0 Å². The molecule has 1 atom stereocenters. The standard InChI is InChI=1S/C13H13N5O4/c19-11-8(5-16-13(21)17-11)12(20)18-3-4-22-10(7-18)9-6-14-1-2-15-9/h1-2,5-6,10H,3-4,7H2,(H2,16,17,19,21)/t10-/m0/s1. The Hall–Kier alpha value is -2.81. The molecular formula is C13H13N5O4. The van der Waals surface area contributed by atoms with Crippen molar-refractivity contribution in [3.05, 3.63) is 56.9 Å². The third-order valence-corrected chi connectivity index (χ3v) is 3.32. The molecule has 9 heteroatoms. The van der Waals surface area contributed by atoms with Crippen LogP contribution >= 0.6 is 0 Å². The molecular weight excluding hydrogens is 290 g/mol. The van der Waals surface area contributed by atoms with E-state index in [1.165, 1.54) is 4.90 Å². The second-order valence-corrected chi connectivity index (χ2v) is 4.73. The number of hydrogen-bond donors (Lipinski definition) is 2. The topological polar surface area (TPSA) is 121 Å². The average molecular weight is 303 g/mol. The fourth-order valence-electron chi connectivity index (χ4n) is 2.23. The summed E-state index contributed by atoms with van der Waals surface area (Å²) in [7, 11) is 0. The maximum atomic E-state index is 12.4. The van der Waals surface area contributed by atoms with Crippen molar-refractivity contribution in [2.45, 2.75) is 6.10 Å². The Morgan fingerprint density at radius 3 is 2.95 bits per heavy atom. The molecule has 1 saturated heterocycles. The number of amides is 1. The Morgan fingerprint density at radius 2 is 2.23 bits per heavy atom. The molecule has 0 aromatic carbocycles. The zero-order valence-corrected chi connectivity index (χ0v) is 11.5. The first-order valence-corrected chi connectivity index (χ1v) is 6.64. The van der Waals surface area contributed by atoms with Gasteiger partial charge in [0.25, 0.3) is 11.5 Å². The molecule has 0 unspecified atom stereocenters. The van der Waals surface area contributed by atoms with Gasteiger partial charge in [-0.25, -0.2) is 4.79 Å². The monoisotopic (exact) mass is 303 g/mol. The van der Waals surface area contributed by atoms with E-state index < -0.39 is 23.3 Å². The van der Waals surface area contributed by atoms with Crippen LogP contribution < -0.4 is 11.2 Å². The SMILES string of the molecule is O=C(c1c[nH]c(=O)[nH]c1=O)N1CCO[C@H](c2cnccn2)C1. The number of morpholine rings is 1. The van der Waals surface area contributed by atoms with Crippen molar-refractivity contribution in [3.63, 3.8) is 0 Å². The second-order valence-electron chi connectivity index (χ2n) is 4.73. The van der Waals surface area contributed by atoms with Crippen molar-refractivity contribution in [3.8, 4) is 0 Å². The first-order chi connectivity index (χ1) is 10.6. The molecule has 2 N–H and O–H groups in total. The normalized spacial score (nSPS) is 18.2.